The number of fused-ring (bicyclic) bond motifs is 1. The molecule has 4 heterocycles. The van der Waals surface area contributed by atoms with Gasteiger partial charge in [0.15, 0.2) is 0 Å². The Bertz CT molecular complexity index is 745. The molecule has 2 aromatic heterocycles. The van der Waals surface area contributed by atoms with Crippen molar-refractivity contribution in [1.29, 1.82) is 0 Å². The number of nitrogens with one attached hydrogen (secondary N) is 1. The van der Waals surface area contributed by atoms with E-state index in [2.05, 4.69) is 43.9 Å². The van der Waals surface area contributed by atoms with Crippen LogP contribution in [0, 0.1) is 6.92 Å². The van der Waals surface area contributed by atoms with Gasteiger partial charge in [-0.3, -0.25) is 4.68 Å². The normalized spacial score (nSPS) is 18.6. The van der Waals surface area contributed by atoms with Crippen molar-refractivity contribution in [3.8, 4) is 0 Å². The lowest BCUT2D eigenvalue weighted by atomic mass is 10.2. The van der Waals surface area contributed by atoms with Crippen LogP contribution in [0.1, 0.15) is 42.3 Å². The number of aryl methyl sites for hydroxylation is 3. The first-order valence-electron chi connectivity index (χ1n) is 9.15. The van der Waals surface area contributed by atoms with Crippen molar-refractivity contribution in [1.82, 2.24) is 29.9 Å². The van der Waals surface area contributed by atoms with Crippen LogP contribution in [0.15, 0.2) is 0 Å². The molecule has 0 bridgehead atoms. The largest absolute Gasteiger partial charge is 0.378 e. The molecule has 2 aliphatic rings. The summed E-state index contributed by atoms with van der Waals surface area (Å²) < 4.78 is 9.75. The first kappa shape index (κ1) is 16.5. The van der Waals surface area contributed by atoms with Crippen LogP contribution in [0.5, 0.6) is 0 Å². The highest BCUT2D eigenvalue weighted by atomic mass is 16.5. The quantitative estimate of drug-likeness (QED) is 0.870. The predicted octanol–water partition coefficient (Wildman–Crippen LogP) is 0.954. The molecule has 1 unspecified atom stereocenters. The predicted molar refractivity (Wildman–Crippen MR) is 94.6 cm³/mol. The van der Waals surface area contributed by atoms with Gasteiger partial charge in [0.05, 0.1) is 24.9 Å². The minimum Gasteiger partial charge on any atom is -0.378 e. The van der Waals surface area contributed by atoms with E-state index < -0.39 is 0 Å². The molecular formula is C17H27N7O. The van der Waals surface area contributed by atoms with E-state index in [1.165, 1.54) is 17.8 Å². The smallest absolute Gasteiger partial charge is 0.149 e. The molecule has 0 aliphatic carbocycles. The Hall–Kier alpha value is -1.93. The number of morpholine rings is 1. The number of hydrogen-bond acceptors (Lipinski definition) is 6. The third-order valence-electron chi connectivity index (χ3n) is 5.23. The van der Waals surface area contributed by atoms with E-state index in [0.29, 0.717) is 0 Å². The van der Waals surface area contributed by atoms with Crippen LogP contribution >= 0.6 is 0 Å². The van der Waals surface area contributed by atoms with Gasteiger partial charge in [-0.1, -0.05) is 0 Å². The van der Waals surface area contributed by atoms with Gasteiger partial charge in [0.25, 0.3) is 0 Å². The zero-order valence-corrected chi connectivity index (χ0v) is 15.3. The van der Waals surface area contributed by atoms with E-state index in [1.54, 1.807) is 0 Å². The van der Waals surface area contributed by atoms with Gasteiger partial charge in [0, 0.05) is 45.2 Å². The molecule has 0 amide bonds. The van der Waals surface area contributed by atoms with Crippen LogP contribution in [-0.4, -0.2) is 50.8 Å². The summed E-state index contributed by atoms with van der Waals surface area (Å²) in [5, 5.41) is 17.0. The maximum Gasteiger partial charge on any atom is 0.149 e. The van der Waals surface area contributed by atoms with E-state index in [1.807, 2.05) is 11.7 Å². The maximum atomic E-state index is 5.49. The van der Waals surface area contributed by atoms with Gasteiger partial charge in [-0.05, 0) is 20.3 Å². The Kier molecular flexibility index (Phi) is 4.47. The van der Waals surface area contributed by atoms with Crippen molar-refractivity contribution >= 4 is 5.82 Å². The topological polar surface area (TPSA) is 73.0 Å². The third-order valence-corrected chi connectivity index (χ3v) is 5.23. The summed E-state index contributed by atoms with van der Waals surface area (Å²) in [5.41, 5.74) is 2.34. The first-order chi connectivity index (χ1) is 12.1. The third kappa shape index (κ3) is 3.04. The molecule has 136 valence electrons. The molecule has 0 saturated carbocycles. The lowest BCUT2D eigenvalue weighted by Crippen LogP contribution is -2.38. The van der Waals surface area contributed by atoms with Crippen LogP contribution in [-0.2, 0) is 31.3 Å². The van der Waals surface area contributed by atoms with Gasteiger partial charge in [0.2, 0.25) is 0 Å². The molecule has 4 rings (SSSR count). The summed E-state index contributed by atoms with van der Waals surface area (Å²) in [6.45, 7) is 9.44. The average molecular weight is 345 g/mol. The van der Waals surface area contributed by atoms with E-state index >= 15 is 0 Å². The SMILES string of the molecule is Cc1nn(C)c(N2CCOCC2)c1CNC(C)c1nnc2n1CCC2. The van der Waals surface area contributed by atoms with Crippen LogP contribution in [0.4, 0.5) is 5.82 Å². The highest BCUT2D eigenvalue weighted by Crippen LogP contribution is 2.25. The zero-order chi connectivity index (χ0) is 17.4. The number of anilines is 1. The molecular weight excluding hydrogens is 318 g/mol. The molecule has 0 radical (unpaired) electrons. The number of aromatic nitrogens is 5. The molecule has 2 aromatic rings. The molecule has 8 heteroatoms. The van der Waals surface area contributed by atoms with Crippen molar-refractivity contribution in [3.63, 3.8) is 0 Å². The molecule has 1 fully saturated rings. The molecule has 1 saturated heterocycles. The summed E-state index contributed by atoms with van der Waals surface area (Å²) in [6, 6.07) is 0.163. The van der Waals surface area contributed by atoms with E-state index in [9.17, 15) is 0 Å². The van der Waals surface area contributed by atoms with Crippen molar-refractivity contribution in [2.24, 2.45) is 7.05 Å². The van der Waals surface area contributed by atoms with Gasteiger partial charge in [-0.15, -0.1) is 10.2 Å². The Morgan fingerprint density at radius 2 is 2.00 bits per heavy atom. The highest BCUT2D eigenvalue weighted by Gasteiger charge is 2.24. The molecule has 0 aromatic carbocycles. The molecule has 1 atom stereocenters. The number of nitrogens with zero attached hydrogens (tertiary/aromatic N) is 6. The summed E-state index contributed by atoms with van der Waals surface area (Å²) in [6.07, 6.45) is 2.22. The van der Waals surface area contributed by atoms with Crippen molar-refractivity contribution in [2.75, 3.05) is 31.2 Å². The zero-order valence-electron chi connectivity index (χ0n) is 15.3. The lowest BCUT2D eigenvalue weighted by Gasteiger charge is -2.29. The molecule has 25 heavy (non-hydrogen) atoms. The number of ether oxygens (including phenoxy) is 1. The lowest BCUT2D eigenvalue weighted by molar-refractivity contribution is 0.122. The van der Waals surface area contributed by atoms with Gasteiger partial charge in [-0.25, -0.2) is 0 Å². The minimum absolute atomic E-state index is 0.163. The van der Waals surface area contributed by atoms with Crippen molar-refractivity contribution in [2.45, 2.75) is 45.8 Å². The Labute approximate surface area is 148 Å². The fraction of sp³-hybridized carbons (Fsp3) is 0.706. The fourth-order valence-electron chi connectivity index (χ4n) is 3.91. The van der Waals surface area contributed by atoms with Gasteiger partial charge in [0.1, 0.15) is 17.5 Å². The average Bonchev–Trinajstić information content (AvgIpc) is 3.28. The van der Waals surface area contributed by atoms with E-state index in [-0.39, 0.29) is 6.04 Å². The van der Waals surface area contributed by atoms with Gasteiger partial charge < -0.3 is 19.5 Å². The fourth-order valence-corrected chi connectivity index (χ4v) is 3.91. The first-order valence-corrected chi connectivity index (χ1v) is 9.15. The summed E-state index contributed by atoms with van der Waals surface area (Å²) in [5.74, 6) is 3.36. The molecule has 2 aliphatic heterocycles. The van der Waals surface area contributed by atoms with Crippen molar-refractivity contribution < 1.29 is 4.74 Å². The summed E-state index contributed by atoms with van der Waals surface area (Å²) in [4.78, 5) is 2.37. The Morgan fingerprint density at radius 3 is 2.80 bits per heavy atom. The van der Waals surface area contributed by atoms with Gasteiger partial charge in [-0.2, -0.15) is 5.10 Å². The Balaban J connectivity index is 1.50. The van der Waals surface area contributed by atoms with Crippen LogP contribution in [0.25, 0.3) is 0 Å². The molecule has 0 spiro atoms. The standard InChI is InChI=1S/C17H27N7O/c1-12-14(17(22(3)21-12)23-7-9-25-10-8-23)11-18-13(2)16-20-19-15-5-4-6-24(15)16/h13,18H,4-11H2,1-3H3. The second-order valence-corrected chi connectivity index (χ2v) is 6.94. The second-order valence-electron chi connectivity index (χ2n) is 6.94. The number of rotatable bonds is 5. The monoisotopic (exact) mass is 345 g/mol. The van der Waals surface area contributed by atoms with Crippen LogP contribution < -0.4 is 10.2 Å². The van der Waals surface area contributed by atoms with Gasteiger partial charge >= 0.3 is 0 Å². The summed E-state index contributed by atoms with van der Waals surface area (Å²) in [7, 11) is 2.02. The number of hydrogen-bond donors (Lipinski definition) is 1. The second kappa shape index (κ2) is 6.76. The Morgan fingerprint density at radius 1 is 1.20 bits per heavy atom. The summed E-state index contributed by atoms with van der Waals surface area (Å²) >= 11 is 0. The maximum absolute atomic E-state index is 5.49. The highest BCUT2D eigenvalue weighted by molar-refractivity contribution is 5.50. The molecule has 8 nitrogen and oxygen atoms in total. The van der Waals surface area contributed by atoms with E-state index in [0.717, 1.165) is 63.2 Å². The minimum atomic E-state index is 0.163. The molecule has 1 N–H and O–H groups in total. The van der Waals surface area contributed by atoms with E-state index in [4.69, 9.17) is 4.74 Å². The van der Waals surface area contributed by atoms with Crippen LogP contribution in [0.2, 0.25) is 0 Å². The van der Waals surface area contributed by atoms with Crippen LogP contribution in [0.3, 0.4) is 0 Å². The van der Waals surface area contributed by atoms with Crippen molar-refractivity contribution in [3.05, 3.63) is 22.9 Å².